The number of hydrogen-bond donors (Lipinski definition) is 5. The van der Waals surface area contributed by atoms with Crippen molar-refractivity contribution in [2.24, 2.45) is 0 Å². The van der Waals surface area contributed by atoms with Gasteiger partial charge in [0.05, 0.1) is 23.7 Å². The van der Waals surface area contributed by atoms with Crippen molar-refractivity contribution in [1.82, 2.24) is 0 Å². The maximum Gasteiger partial charge on any atom is 0.335 e. The lowest BCUT2D eigenvalue weighted by molar-refractivity contribution is -0.136. The summed E-state index contributed by atoms with van der Waals surface area (Å²) in [5.41, 5.74) is 2.77. The van der Waals surface area contributed by atoms with Crippen molar-refractivity contribution in [2.75, 3.05) is 0 Å². The molecular formula is C29H42O7. The van der Waals surface area contributed by atoms with E-state index >= 15 is 0 Å². The first-order valence-corrected chi connectivity index (χ1v) is 12.5. The Hall–Kier alpha value is -2.90. The number of carboxylic acid groups (broad SMARTS) is 2. The second kappa shape index (κ2) is 15.3. The Morgan fingerprint density at radius 3 is 2.25 bits per heavy atom. The first-order chi connectivity index (χ1) is 16.8. The minimum Gasteiger partial charge on any atom is -0.508 e. The van der Waals surface area contributed by atoms with Gasteiger partial charge in [-0.15, -0.1) is 0 Å². The molecule has 0 aliphatic carbocycles. The average Bonchev–Trinajstić information content (AvgIpc) is 2.80. The topological polar surface area (TPSA) is 135 Å². The van der Waals surface area contributed by atoms with E-state index in [0.29, 0.717) is 44.1 Å². The van der Waals surface area contributed by atoms with Crippen LogP contribution in [0.3, 0.4) is 0 Å². The standard InChI is InChI=1S/C29H42O7/c1-20(10-13-23-19-24(28(34)35)14-15-25(23)30)7-5-8-21(2)11-16-26(31)29(4,36)18-6-9-22(3)12-17-27(32)33/h8,10,12,14-15,19,26,30-31,36H,5-7,9,11,13,16-18H2,1-4H3,(H,32,33)(H,34,35)/b20-10+,21-8+,22-12-/t26-,29+/m0/s1. The number of aromatic carboxylic acids is 1. The van der Waals surface area contributed by atoms with Crippen LogP contribution in [0.1, 0.15) is 95.0 Å². The van der Waals surface area contributed by atoms with Crippen molar-refractivity contribution >= 4 is 11.9 Å². The highest BCUT2D eigenvalue weighted by Crippen LogP contribution is 2.25. The van der Waals surface area contributed by atoms with Crippen LogP contribution in [0.2, 0.25) is 0 Å². The first-order valence-electron chi connectivity index (χ1n) is 12.5. The molecule has 0 heterocycles. The van der Waals surface area contributed by atoms with Crippen molar-refractivity contribution < 1.29 is 35.1 Å². The number of rotatable bonds is 16. The van der Waals surface area contributed by atoms with Crippen LogP contribution in [-0.4, -0.2) is 49.2 Å². The van der Waals surface area contributed by atoms with Gasteiger partial charge in [-0.25, -0.2) is 4.79 Å². The maximum atomic E-state index is 11.1. The number of carbonyl (C=O) groups is 2. The normalized spacial score (nSPS) is 15.4. The molecule has 0 aromatic heterocycles. The van der Waals surface area contributed by atoms with E-state index < -0.39 is 23.6 Å². The van der Waals surface area contributed by atoms with Gasteiger partial charge in [0, 0.05) is 0 Å². The molecule has 0 spiro atoms. The zero-order valence-corrected chi connectivity index (χ0v) is 22.0. The van der Waals surface area contributed by atoms with Gasteiger partial charge in [0.25, 0.3) is 0 Å². The van der Waals surface area contributed by atoms with Crippen LogP contribution in [0.4, 0.5) is 0 Å². The molecule has 0 saturated carbocycles. The van der Waals surface area contributed by atoms with E-state index in [4.69, 9.17) is 10.2 Å². The Labute approximate surface area is 214 Å². The third-order valence-electron chi connectivity index (χ3n) is 6.44. The molecule has 0 radical (unpaired) electrons. The molecular weight excluding hydrogens is 460 g/mol. The van der Waals surface area contributed by atoms with E-state index in [0.717, 1.165) is 29.6 Å². The van der Waals surface area contributed by atoms with Gasteiger partial charge in [-0.05, 0) is 103 Å². The van der Waals surface area contributed by atoms with E-state index in [1.807, 2.05) is 26.8 Å². The number of aliphatic hydroxyl groups excluding tert-OH is 1. The minimum atomic E-state index is -1.20. The van der Waals surface area contributed by atoms with Gasteiger partial charge in [0.15, 0.2) is 0 Å². The zero-order valence-electron chi connectivity index (χ0n) is 22.0. The average molecular weight is 503 g/mol. The molecule has 7 nitrogen and oxygen atoms in total. The third kappa shape index (κ3) is 12.2. The molecule has 200 valence electrons. The number of allylic oxidation sites excluding steroid dienone is 5. The predicted octanol–water partition coefficient (Wildman–Crippen LogP) is 5.79. The SMILES string of the molecule is C/C(=C/CC(=O)O)CCC[C@@](C)(O)[C@@H](O)CC/C(C)=C/CC/C(C)=C/Cc1cc(C(=O)O)ccc1O. The van der Waals surface area contributed by atoms with Gasteiger partial charge >= 0.3 is 11.9 Å². The summed E-state index contributed by atoms with van der Waals surface area (Å²) in [7, 11) is 0. The largest absolute Gasteiger partial charge is 0.508 e. The molecule has 0 amide bonds. The van der Waals surface area contributed by atoms with Crippen molar-refractivity contribution in [2.45, 2.75) is 97.2 Å². The third-order valence-corrected chi connectivity index (χ3v) is 6.44. The smallest absolute Gasteiger partial charge is 0.335 e. The van der Waals surface area contributed by atoms with Crippen LogP contribution in [0.15, 0.2) is 53.1 Å². The van der Waals surface area contributed by atoms with Gasteiger partial charge in [0.1, 0.15) is 5.75 Å². The Morgan fingerprint density at radius 2 is 1.61 bits per heavy atom. The quantitative estimate of drug-likeness (QED) is 0.181. The van der Waals surface area contributed by atoms with E-state index in [9.17, 15) is 24.9 Å². The summed E-state index contributed by atoms with van der Waals surface area (Å²) in [5, 5.41) is 48.9. The second-order valence-corrected chi connectivity index (χ2v) is 9.91. The summed E-state index contributed by atoms with van der Waals surface area (Å²) in [4.78, 5) is 21.7. The first kappa shape index (κ1) is 31.1. The predicted molar refractivity (Wildman–Crippen MR) is 141 cm³/mol. The van der Waals surface area contributed by atoms with Gasteiger partial charge in [-0.2, -0.15) is 0 Å². The van der Waals surface area contributed by atoms with Crippen molar-refractivity contribution in [3.8, 4) is 5.75 Å². The fourth-order valence-electron chi connectivity index (χ4n) is 3.85. The lowest BCUT2D eigenvalue weighted by Crippen LogP contribution is -2.39. The number of carboxylic acids is 2. The van der Waals surface area contributed by atoms with E-state index in [2.05, 4.69) is 6.08 Å². The van der Waals surface area contributed by atoms with Crippen molar-refractivity contribution in [3.63, 3.8) is 0 Å². The second-order valence-electron chi connectivity index (χ2n) is 9.91. The fourth-order valence-corrected chi connectivity index (χ4v) is 3.85. The van der Waals surface area contributed by atoms with Crippen LogP contribution in [0, 0.1) is 0 Å². The van der Waals surface area contributed by atoms with Crippen LogP contribution < -0.4 is 0 Å². The lowest BCUT2D eigenvalue weighted by atomic mass is 9.88. The van der Waals surface area contributed by atoms with Gasteiger partial charge in [-0.1, -0.05) is 34.9 Å². The van der Waals surface area contributed by atoms with Gasteiger partial charge in [-0.3, -0.25) is 4.79 Å². The van der Waals surface area contributed by atoms with Crippen LogP contribution in [-0.2, 0) is 11.2 Å². The summed E-state index contributed by atoms with van der Waals surface area (Å²) in [5.74, 6) is -1.81. The fraction of sp³-hybridized carbons (Fsp3) is 0.517. The molecule has 0 bridgehead atoms. The number of aliphatic carboxylic acids is 1. The van der Waals surface area contributed by atoms with Crippen molar-refractivity contribution in [3.05, 3.63) is 64.3 Å². The summed E-state index contributed by atoms with van der Waals surface area (Å²) in [6.07, 6.45) is 9.97. The number of aromatic hydroxyl groups is 1. The van der Waals surface area contributed by atoms with Gasteiger partial charge in [0.2, 0.25) is 0 Å². The molecule has 1 aromatic carbocycles. The molecule has 1 aromatic rings. The number of phenols is 1. The number of phenolic OH excluding ortho intramolecular Hbond substituents is 1. The number of hydrogen-bond acceptors (Lipinski definition) is 5. The molecule has 5 N–H and O–H groups in total. The monoisotopic (exact) mass is 502 g/mol. The highest BCUT2D eigenvalue weighted by Gasteiger charge is 2.29. The minimum absolute atomic E-state index is 0.00394. The highest BCUT2D eigenvalue weighted by atomic mass is 16.4. The van der Waals surface area contributed by atoms with Gasteiger partial charge < -0.3 is 25.5 Å². The zero-order chi connectivity index (χ0) is 27.3. The van der Waals surface area contributed by atoms with Crippen molar-refractivity contribution in [1.29, 1.82) is 0 Å². The molecule has 1 rings (SSSR count). The van der Waals surface area contributed by atoms with E-state index in [1.165, 1.54) is 18.2 Å². The van der Waals surface area contributed by atoms with E-state index in [1.54, 1.807) is 13.0 Å². The maximum absolute atomic E-state index is 11.1. The molecule has 0 unspecified atom stereocenters. The molecule has 0 saturated heterocycles. The van der Waals surface area contributed by atoms with Crippen LogP contribution in [0.5, 0.6) is 5.75 Å². The van der Waals surface area contributed by atoms with Crippen LogP contribution in [0.25, 0.3) is 0 Å². The Morgan fingerprint density at radius 1 is 0.972 bits per heavy atom. The Balaban J connectivity index is 2.45. The molecule has 36 heavy (non-hydrogen) atoms. The number of benzene rings is 1. The molecule has 2 atom stereocenters. The molecule has 0 aliphatic rings. The lowest BCUT2D eigenvalue weighted by Gasteiger charge is -2.29. The summed E-state index contributed by atoms with van der Waals surface area (Å²) in [6, 6.07) is 4.27. The molecule has 7 heteroatoms. The highest BCUT2D eigenvalue weighted by molar-refractivity contribution is 5.88. The summed E-state index contributed by atoms with van der Waals surface area (Å²) >= 11 is 0. The van der Waals surface area contributed by atoms with Crippen LogP contribution >= 0.6 is 0 Å². The Kier molecular flexibility index (Phi) is 13.2. The number of aliphatic hydroxyl groups is 2. The summed E-state index contributed by atoms with van der Waals surface area (Å²) < 4.78 is 0. The molecule has 0 fully saturated rings. The van der Waals surface area contributed by atoms with E-state index in [-0.39, 0.29) is 17.7 Å². The summed E-state index contributed by atoms with van der Waals surface area (Å²) in [6.45, 7) is 7.53. The Bertz CT molecular complexity index is 970. The molecule has 0 aliphatic heterocycles.